The molecule has 18 heavy (non-hydrogen) atoms. The Kier molecular flexibility index (Phi) is 3.71. The molecule has 98 valence electrons. The maximum atomic E-state index is 11.5. The van der Waals surface area contributed by atoms with Crippen molar-refractivity contribution in [2.75, 3.05) is 11.5 Å². The van der Waals surface area contributed by atoms with Crippen LogP contribution < -0.4 is 0 Å². The topological polar surface area (TPSA) is 71.4 Å². The Labute approximate surface area is 107 Å². The molecule has 1 aromatic carbocycles. The molecule has 0 bridgehead atoms. The standard InChI is InChI=1S/C13H16O4S/c14-13(15)12-5-3-10(4-6-12)8-11-2-1-7-18(16,17)9-11/h3-6,11H,1-2,7-9H2,(H,14,15). The van der Waals surface area contributed by atoms with Crippen LogP contribution in [0.1, 0.15) is 28.8 Å². The second-order valence-corrected chi connectivity index (χ2v) is 7.06. The van der Waals surface area contributed by atoms with E-state index in [0.29, 0.717) is 12.2 Å². The van der Waals surface area contributed by atoms with E-state index in [0.717, 1.165) is 18.4 Å². The summed E-state index contributed by atoms with van der Waals surface area (Å²) in [5.74, 6) is -0.212. The Balaban J connectivity index is 2.03. The molecular weight excluding hydrogens is 252 g/mol. The van der Waals surface area contributed by atoms with E-state index in [4.69, 9.17) is 5.11 Å². The zero-order valence-corrected chi connectivity index (χ0v) is 10.8. The van der Waals surface area contributed by atoms with Crippen molar-refractivity contribution in [3.8, 4) is 0 Å². The fraction of sp³-hybridized carbons (Fsp3) is 0.462. The zero-order valence-electron chi connectivity index (χ0n) is 10.0. The van der Waals surface area contributed by atoms with Crippen molar-refractivity contribution >= 4 is 15.8 Å². The van der Waals surface area contributed by atoms with E-state index >= 15 is 0 Å². The summed E-state index contributed by atoms with van der Waals surface area (Å²) < 4.78 is 23.0. The molecule has 1 atom stereocenters. The van der Waals surface area contributed by atoms with Crippen LogP contribution in [0.15, 0.2) is 24.3 Å². The lowest BCUT2D eigenvalue weighted by atomic mass is 9.96. The summed E-state index contributed by atoms with van der Waals surface area (Å²) in [6.45, 7) is 0. The van der Waals surface area contributed by atoms with Crippen molar-refractivity contribution in [3.05, 3.63) is 35.4 Å². The van der Waals surface area contributed by atoms with E-state index in [1.807, 2.05) is 0 Å². The summed E-state index contributed by atoms with van der Waals surface area (Å²) in [6, 6.07) is 6.67. The Morgan fingerprint density at radius 3 is 2.50 bits per heavy atom. The minimum Gasteiger partial charge on any atom is -0.478 e. The van der Waals surface area contributed by atoms with Gasteiger partial charge in [0.25, 0.3) is 0 Å². The van der Waals surface area contributed by atoms with Crippen molar-refractivity contribution < 1.29 is 18.3 Å². The molecule has 1 aliphatic heterocycles. The first-order chi connectivity index (χ1) is 8.46. The van der Waals surface area contributed by atoms with Gasteiger partial charge in [-0.15, -0.1) is 0 Å². The highest BCUT2D eigenvalue weighted by atomic mass is 32.2. The van der Waals surface area contributed by atoms with Crippen LogP contribution in [0.4, 0.5) is 0 Å². The van der Waals surface area contributed by atoms with Crippen LogP contribution in [0.3, 0.4) is 0 Å². The third-order valence-corrected chi connectivity index (χ3v) is 5.17. The smallest absolute Gasteiger partial charge is 0.335 e. The van der Waals surface area contributed by atoms with E-state index in [2.05, 4.69) is 0 Å². The number of sulfone groups is 1. The summed E-state index contributed by atoms with van der Waals surface area (Å²) in [4.78, 5) is 10.7. The molecule has 0 aliphatic carbocycles. The van der Waals surface area contributed by atoms with E-state index in [-0.39, 0.29) is 17.2 Å². The molecule has 1 fully saturated rings. The van der Waals surface area contributed by atoms with Crippen LogP contribution in [0.25, 0.3) is 0 Å². The first-order valence-electron chi connectivity index (χ1n) is 5.99. The van der Waals surface area contributed by atoms with E-state index in [1.165, 1.54) is 0 Å². The second kappa shape index (κ2) is 5.10. The molecule has 1 saturated heterocycles. The van der Waals surface area contributed by atoms with Crippen molar-refractivity contribution in [3.63, 3.8) is 0 Å². The third kappa shape index (κ3) is 3.32. The third-order valence-electron chi connectivity index (χ3n) is 3.28. The average Bonchev–Trinajstić information content (AvgIpc) is 2.28. The van der Waals surface area contributed by atoms with Gasteiger partial charge in [-0.25, -0.2) is 13.2 Å². The lowest BCUT2D eigenvalue weighted by Crippen LogP contribution is -2.26. The van der Waals surface area contributed by atoms with Crippen molar-refractivity contribution in [1.29, 1.82) is 0 Å². The molecule has 0 radical (unpaired) electrons. The molecule has 0 spiro atoms. The van der Waals surface area contributed by atoms with Crippen LogP contribution >= 0.6 is 0 Å². The first-order valence-corrected chi connectivity index (χ1v) is 7.81. The van der Waals surface area contributed by atoms with Gasteiger partial charge in [-0.3, -0.25) is 0 Å². The van der Waals surface area contributed by atoms with Gasteiger partial charge < -0.3 is 5.11 Å². The van der Waals surface area contributed by atoms with Gasteiger partial charge >= 0.3 is 5.97 Å². The SMILES string of the molecule is O=C(O)c1ccc(CC2CCCS(=O)(=O)C2)cc1. The first kappa shape index (κ1) is 13.1. The van der Waals surface area contributed by atoms with Gasteiger partial charge in [0.1, 0.15) is 0 Å². The van der Waals surface area contributed by atoms with Gasteiger partial charge in [0.2, 0.25) is 0 Å². The summed E-state index contributed by atoms with van der Waals surface area (Å²) >= 11 is 0. The van der Waals surface area contributed by atoms with Gasteiger partial charge in [-0.05, 0) is 42.9 Å². The predicted molar refractivity (Wildman–Crippen MR) is 68.5 cm³/mol. The minimum atomic E-state index is -2.87. The molecule has 1 aromatic rings. The molecule has 0 amide bonds. The van der Waals surface area contributed by atoms with Gasteiger partial charge in [0, 0.05) is 0 Å². The molecular formula is C13H16O4S. The summed E-state index contributed by atoms with van der Waals surface area (Å²) in [6.07, 6.45) is 2.37. The number of carboxylic acids is 1. The monoisotopic (exact) mass is 268 g/mol. The molecule has 1 unspecified atom stereocenters. The van der Waals surface area contributed by atoms with Crippen LogP contribution in [0.5, 0.6) is 0 Å². The van der Waals surface area contributed by atoms with Gasteiger partial charge in [-0.1, -0.05) is 12.1 Å². The second-order valence-electron chi connectivity index (χ2n) is 4.83. The lowest BCUT2D eigenvalue weighted by molar-refractivity contribution is 0.0697. The van der Waals surface area contributed by atoms with Gasteiger partial charge in [0.05, 0.1) is 17.1 Å². The molecule has 5 heteroatoms. The Morgan fingerprint density at radius 2 is 1.94 bits per heavy atom. The van der Waals surface area contributed by atoms with E-state index < -0.39 is 15.8 Å². The Hall–Kier alpha value is -1.36. The largest absolute Gasteiger partial charge is 0.478 e. The molecule has 0 aromatic heterocycles. The Morgan fingerprint density at radius 1 is 1.28 bits per heavy atom. The maximum absolute atomic E-state index is 11.5. The number of aromatic carboxylic acids is 1. The quantitative estimate of drug-likeness (QED) is 0.906. The highest BCUT2D eigenvalue weighted by Gasteiger charge is 2.24. The van der Waals surface area contributed by atoms with Crippen LogP contribution in [0.2, 0.25) is 0 Å². The molecule has 1 N–H and O–H groups in total. The molecule has 4 nitrogen and oxygen atoms in total. The van der Waals surface area contributed by atoms with Crippen LogP contribution in [0, 0.1) is 5.92 Å². The highest BCUT2D eigenvalue weighted by Crippen LogP contribution is 2.22. The van der Waals surface area contributed by atoms with E-state index in [9.17, 15) is 13.2 Å². The fourth-order valence-electron chi connectivity index (χ4n) is 2.40. The van der Waals surface area contributed by atoms with Crippen LogP contribution in [-0.2, 0) is 16.3 Å². The zero-order chi connectivity index (χ0) is 13.2. The summed E-state index contributed by atoms with van der Waals surface area (Å²) in [5.41, 5.74) is 1.26. The normalized spacial score (nSPS) is 22.6. The number of hydrogen-bond acceptors (Lipinski definition) is 3. The predicted octanol–water partition coefficient (Wildman–Crippen LogP) is 1.75. The van der Waals surface area contributed by atoms with Crippen molar-refractivity contribution in [2.45, 2.75) is 19.3 Å². The highest BCUT2D eigenvalue weighted by molar-refractivity contribution is 7.91. The van der Waals surface area contributed by atoms with Crippen LogP contribution in [-0.4, -0.2) is 31.0 Å². The minimum absolute atomic E-state index is 0.166. The van der Waals surface area contributed by atoms with Gasteiger partial charge in [0.15, 0.2) is 9.84 Å². The number of carbonyl (C=O) groups is 1. The number of benzene rings is 1. The average molecular weight is 268 g/mol. The maximum Gasteiger partial charge on any atom is 0.335 e. The summed E-state index contributed by atoms with van der Waals surface area (Å²) in [5, 5.41) is 8.79. The lowest BCUT2D eigenvalue weighted by Gasteiger charge is -2.21. The van der Waals surface area contributed by atoms with Gasteiger partial charge in [-0.2, -0.15) is 0 Å². The van der Waals surface area contributed by atoms with Crippen molar-refractivity contribution in [1.82, 2.24) is 0 Å². The van der Waals surface area contributed by atoms with Crippen molar-refractivity contribution in [2.24, 2.45) is 5.92 Å². The molecule has 1 heterocycles. The number of rotatable bonds is 3. The summed E-state index contributed by atoms with van der Waals surface area (Å²) in [7, 11) is -2.87. The fourth-order valence-corrected chi connectivity index (χ4v) is 4.17. The number of hydrogen-bond donors (Lipinski definition) is 1. The Bertz CT molecular complexity index is 531. The molecule has 0 saturated carbocycles. The number of carboxylic acid groups (broad SMARTS) is 1. The van der Waals surface area contributed by atoms with E-state index in [1.54, 1.807) is 24.3 Å². The molecule has 1 aliphatic rings. The molecule has 2 rings (SSSR count).